The molecule has 0 spiro atoms. The Hall–Kier alpha value is -0.290. The van der Waals surface area contributed by atoms with E-state index in [-0.39, 0.29) is 0 Å². The molecule has 1 aromatic carbocycles. The quantitative estimate of drug-likeness (QED) is 0.441. The molecule has 4 heteroatoms. The molecule has 0 saturated heterocycles. The van der Waals surface area contributed by atoms with Gasteiger partial charge in [0.25, 0.3) is 0 Å². The molecule has 0 aliphatic heterocycles. The molecule has 0 amide bonds. The van der Waals surface area contributed by atoms with E-state index in [4.69, 9.17) is 11.6 Å². The third-order valence-corrected chi connectivity index (χ3v) is 4.60. The lowest BCUT2D eigenvalue weighted by atomic mass is 10.0. The fourth-order valence-electron chi connectivity index (χ4n) is 2.66. The minimum absolute atomic E-state index is 0.451. The first-order valence-electron chi connectivity index (χ1n) is 7.25. The maximum Gasteiger partial charge on any atom is 0.125 e. The van der Waals surface area contributed by atoms with Crippen LogP contribution in [0.3, 0.4) is 0 Å². The first-order valence-corrected chi connectivity index (χ1v) is 8.86. The Morgan fingerprint density at radius 1 is 1.25 bits per heavy atom. The molecular formula is C16H22ClIN2. The van der Waals surface area contributed by atoms with E-state index in [0.29, 0.717) is 11.9 Å². The summed E-state index contributed by atoms with van der Waals surface area (Å²) in [6.07, 6.45) is 3.72. The van der Waals surface area contributed by atoms with E-state index >= 15 is 0 Å². The van der Waals surface area contributed by atoms with Crippen molar-refractivity contribution in [3.8, 4) is 0 Å². The molecule has 1 unspecified atom stereocenters. The number of fused-ring (bicyclic) bond motifs is 1. The van der Waals surface area contributed by atoms with Crippen molar-refractivity contribution in [3.63, 3.8) is 0 Å². The number of hydrogen-bond acceptors (Lipinski definition) is 1. The summed E-state index contributed by atoms with van der Waals surface area (Å²) in [6, 6.07) is 6.88. The molecule has 1 atom stereocenters. The number of rotatable bonds is 6. The van der Waals surface area contributed by atoms with Gasteiger partial charge in [0.15, 0.2) is 0 Å². The molecule has 20 heavy (non-hydrogen) atoms. The van der Waals surface area contributed by atoms with Crippen molar-refractivity contribution in [1.29, 1.82) is 0 Å². The van der Waals surface area contributed by atoms with Crippen LogP contribution in [0, 0.1) is 9.49 Å². The van der Waals surface area contributed by atoms with Gasteiger partial charge >= 0.3 is 0 Å². The van der Waals surface area contributed by atoms with Gasteiger partial charge in [-0.25, -0.2) is 4.98 Å². The van der Waals surface area contributed by atoms with Crippen LogP contribution in [0.5, 0.6) is 0 Å². The highest BCUT2D eigenvalue weighted by atomic mass is 127. The largest absolute Gasteiger partial charge is 0.324 e. The Labute approximate surface area is 140 Å². The fourth-order valence-corrected chi connectivity index (χ4v) is 3.32. The van der Waals surface area contributed by atoms with E-state index in [1.165, 1.54) is 28.3 Å². The van der Waals surface area contributed by atoms with Crippen LogP contribution in [0.15, 0.2) is 18.2 Å². The average molecular weight is 405 g/mol. The van der Waals surface area contributed by atoms with Crippen LogP contribution in [-0.2, 0) is 5.88 Å². The molecule has 0 N–H and O–H groups in total. The Balaban J connectivity index is 2.27. The smallest absolute Gasteiger partial charge is 0.125 e. The van der Waals surface area contributed by atoms with E-state index in [1.54, 1.807) is 0 Å². The summed E-state index contributed by atoms with van der Waals surface area (Å²) in [5.41, 5.74) is 2.27. The normalized spacial score (nSPS) is 13.3. The van der Waals surface area contributed by atoms with Gasteiger partial charge in [-0.3, -0.25) is 0 Å². The van der Waals surface area contributed by atoms with Crippen LogP contribution in [0.25, 0.3) is 11.0 Å². The molecule has 0 saturated carbocycles. The molecule has 2 rings (SSSR count). The fraction of sp³-hybridized carbons (Fsp3) is 0.562. The third kappa shape index (κ3) is 3.67. The summed E-state index contributed by atoms with van der Waals surface area (Å²) in [5, 5.41) is 0. The van der Waals surface area contributed by atoms with Crippen molar-refractivity contribution in [2.45, 2.75) is 52.0 Å². The van der Waals surface area contributed by atoms with Crippen LogP contribution in [-0.4, -0.2) is 9.55 Å². The molecule has 0 fully saturated rings. The van der Waals surface area contributed by atoms with E-state index < -0.39 is 0 Å². The molecule has 1 heterocycles. The second-order valence-electron chi connectivity index (χ2n) is 5.84. The minimum atomic E-state index is 0.451. The molecule has 1 aromatic heterocycles. The Morgan fingerprint density at radius 3 is 2.65 bits per heavy atom. The number of benzene rings is 1. The number of halogens is 2. The zero-order valence-electron chi connectivity index (χ0n) is 12.4. The highest BCUT2D eigenvalue weighted by Gasteiger charge is 2.15. The highest BCUT2D eigenvalue weighted by molar-refractivity contribution is 14.1. The van der Waals surface area contributed by atoms with Crippen molar-refractivity contribution < 1.29 is 0 Å². The second-order valence-corrected chi connectivity index (χ2v) is 7.35. The summed E-state index contributed by atoms with van der Waals surface area (Å²) in [5.74, 6) is 2.23. The predicted molar refractivity (Wildman–Crippen MR) is 95.4 cm³/mol. The first-order chi connectivity index (χ1) is 9.52. The van der Waals surface area contributed by atoms with Crippen molar-refractivity contribution in [2.24, 2.45) is 5.92 Å². The summed E-state index contributed by atoms with van der Waals surface area (Å²) in [6.45, 7) is 6.84. The lowest BCUT2D eigenvalue weighted by molar-refractivity contribution is 0.447. The lowest BCUT2D eigenvalue weighted by Crippen LogP contribution is -2.09. The van der Waals surface area contributed by atoms with Crippen LogP contribution >= 0.6 is 34.2 Å². The van der Waals surface area contributed by atoms with Gasteiger partial charge in [0, 0.05) is 9.61 Å². The molecule has 2 aromatic rings. The number of nitrogens with zero attached hydrogens (tertiary/aromatic N) is 2. The number of aromatic nitrogens is 2. The highest BCUT2D eigenvalue weighted by Crippen LogP contribution is 2.27. The van der Waals surface area contributed by atoms with E-state index in [0.717, 1.165) is 17.3 Å². The Kier molecular flexibility index (Phi) is 5.73. The molecule has 110 valence electrons. The van der Waals surface area contributed by atoms with Crippen LogP contribution in [0.1, 0.15) is 51.9 Å². The third-order valence-electron chi connectivity index (χ3n) is 3.69. The van der Waals surface area contributed by atoms with Crippen LogP contribution in [0.4, 0.5) is 0 Å². The SMILES string of the molecule is CC(C)CCCC(C)n1c(CCl)nc2cc(I)ccc21. The second kappa shape index (κ2) is 7.12. The van der Waals surface area contributed by atoms with Crippen molar-refractivity contribution in [2.75, 3.05) is 0 Å². The van der Waals surface area contributed by atoms with Gasteiger partial charge in [-0.15, -0.1) is 11.6 Å². The van der Waals surface area contributed by atoms with Crippen LogP contribution in [0.2, 0.25) is 0 Å². The van der Waals surface area contributed by atoms with Gasteiger partial charge in [-0.1, -0.05) is 26.7 Å². The predicted octanol–water partition coefficient (Wildman–Crippen LogP) is 5.77. The minimum Gasteiger partial charge on any atom is -0.324 e. The van der Waals surface area contributed by atoms with Gasteiger partial charge in [0.2, 0.25) is 0 Å². The zero-order chi connectivity index (χ0) is 14.7. The monoisotopic (exact) mass is 404 g/mol. The van der Waals surface area contributed by atoms with E-state index in [9.17, 15) is 0 Å². The summed E-state index contributed by atoms with van der Waals surface area (Å²) < 4.78 is 3.53. The van der Waals surface area contributed by atoms with Gasteiger partial charge < -0.3 is 4.57 Å². The molecule has 0 radical (unpaired) electrons. The van der Waals surface area contributed by atoms with Gasteiger partial charge in [0.1, 0.15) is 5.82 Å². The van der Waals surface area contributed by atoms with Gasteiger partial charge in [-0.2, -0.15) is 0 Å². The standard InChI is InChI=1S/C16H22ClIN2/c1-11(2)5-4-6-12(3)20-15-8-7-13(18)9-14(15)19-16(20)10-17/h7-9,11-12H,4-6,10H2,1-3H3. The number of alkyl halides is 1. The maximum atomic E-state index is 6.09. The van der Waals surface area contributed by atoms with E-state index in [2.05, 4.69) is 71.1 Å². The summed E-state index contributed by atoms with van der Waals surface area (Å²) in [7, 11) is 0. The summed E-state index contributed by atoms with van der Waals surface area (Å²) in [4.78, 5) is 4.68. The first kappa shape index (κ1) is 16.1. The molecular weight excluding hydrogens is 383 g/mol. The van der Waals surface area contributed by atoms with Crippen molar-refractivity contribution in [3.05, 3.63) is 27.6 Å². The van der Waals surface area contributed by atoms with Gasteiger partial charge in [-0.05, 0) is 60.1 Å². The van der Waals surface area contributed by atoms with E-state index in [1.807, 2.05) is 0 Å². The summed E-state index contributed by atoms with van der Waals surface area (Å²) >= 11 is 8.41. The number of hydrogen-bond donors (Lipinski definition) is 0. The van der Waals surface area contributed by atoms with Crippen molar-refractivity contribution >= 4 is 45.2 Å². The zero-order valence-corrected chi connectivity index (χ0v) is 15.3. The topological polar surface area (TPSA) is 17.8 Å². The van der Waals surface area contributed by atoms with Crippen LogP contribution < -0.4 is 0 Å². The molecule has 0 aliphatic carbocycles. The molecule has 0 aliphatic rings. The van der Waals surface area contributed by atoms with Gasteiger partial charge in [0.05, 0.1) is 16.9 Å². The Bertz CT molecular complexity index is 577. The molecule has 0 bridgehead atoms. The number of imidazole rings is 1. The molecule has 2 nitrogen and oxygen atoms in total. The maximum absolute atomic E-state index is 6.09. The van der Waals surface area contributed by atoms with Crippen molar-refractivity contribution in [1.82, 2.24) is 9.55 Å². The lowest BCUT2D eigenvalue weighted by Gasteiger charge is -2.17. The Morgan fingerprint density at radius 2 is 2.00 bits per heavy atom. The average Bonchev–Trinajstić information content (AvgIpc) is 2.75.